The first-order chi connectivity index (χ1) is 12.5. The van der Waals surface area contributed by atoms with Gasteiger partial charge in [-0.2, -0.15) is 5.10 Å². The minimum atomic E-state index is -0.393. The van der Waals surface area contributed by atoms with E-state index in [1.165, 1.54) is 12.1 Å². The summed E-state index contributed by atoms with van der Waals surface area (Å²) in [5.41, 5.74) is 2.39. The topological polar surface area (TPSA) is 84.1 Å². The van der Waals surface area contributed by atoms with Gasteiger partial charge in [-0.3, -0.25) is 9.59 Å². The maximum atomic E-state index is 12.2. The molecule has 2 aromatic carbocycles. The third-order valence-electron chi connectivity index (χ3n) is 3.94. The van der Waals surface area contributed by atoms with Crippen molar-refractivity contribution in [3.63, 3.8) is 0 Å². The highest BCUT2D eigenvalue weighted by Gasteiger charge is 2.11. The van der Waals surface area contributed by atoms with Crippen LogP contribution >= 0.6 is 0 Å². The minimum absolute atomic E-state index is 0.0821. The molecular weight excluding hydrogens is 330 g/mol. The molecule has 26 heavy (non-hydrogen) atoms. The monoisotopic (exact) mass is 349 g/mol. The molecule has 1 atom stereocenters. The first-order valence-corrected chi connectivity index (χ1v) is 8.22. The van der Waals surface area contributed by atoms with Crippen molar-refractivity contribution in [1.29, 1.82) is 0 Å². The number of hydrogen-bond donors (Lipinski definition) is 2. The fourth-order valence-corrected chi connectivity index (χ4v) is 2.50. The third-order valence-corrected chi connectivity index (χ3v) is 3.94. The number of carbonyl (C=O) groups is 1. The van der Waals surface area contributed by atoms with E-state index in [0.29, 0.717) is 5.69 Å². The molecule has 0 unspecified atom stereocenters. The highest BCUT2D eigenvalue weighted by Crippen LogP contribution is 2.26. The average Bonchev–Trinajstić information content (AvgIpc) is 2.65. The Morgan fingerprint density at radius 3 is 2.54 bits per heavy atom. The van der Waals surface area contributed by atoms with Gasteiger partial charge in [0.1, 0.15) is 17.5 Å². The molecule has 1 amide bonds. The smallest absolute Gasteiger partial charge is 0.276 e. The average molecular weight is 349 g/mol. The number of anilines is 1. The van der Waals surface area contributed by atoms with Crippen LogP contribution in [-0.4, -0.2) is 16.1 Å². The van der Waals surface area contributed by atoms with Crippen LogP contribution < -0.4 is 15.6 Å². The Hall–Kier alpha value is -3.41. The molecule has 0 aliphatic rings. The number of H-pyrrole nitrogens is 1. The number of rotatable bonds is 5. The van der Waals surface area contributed by atoms with Gasteiger partial charge in [0.2, 0.25) is 0 Å². The van der Waals surface area contributed by atoms with Crippen molar-refractivity contribution in [1.82, 2.24) is 10.2 Å². The Kier molecular flexibility index (Phi) is 5.12. The van der Waals surface area contributed by atoms with Crippen LogP contribution in [-0.2, 0) is 0 Å². The van der Waals surface area contributed by atoms with Crippen LogP contribution in [0.25, 0.3) is 0 Å². The predicted molar refractivity (Wildman–Crippen MR) is 99.5 cm³/mol. The lowest BCUT2D eigenvalue weighted by Crippen LogP contribution is -2.18. The van der Waals surface area contributed by atoms with Crippen molar-refractivity contribution in [2.45, 2.75) is 20.0 Å². The van der Waals surface area contributed by atoms with E-state index in [0.717, 1.165) is 16.9 Å². The molecule has 3 rings (SSSR count). The molecule has 6 heteroatoms. The molecule has 2 N–H and O–H groups in total. The maximum absolute atomic E-state index is 12.2. The van der Waals surface area contributed by atoms with E-state index in [1.54, 1.807) is 6.07 Å². The van der Waals surface area contributed by atoms with Crippen molar-refractivity contribution >= 4 is 11.6 Å². The standard InChI is InChI=1S/C20H19N3O3/c1-13-12-16(26-14(2)15-6-4-3-5-7-15)8-9-17(13)21-20(25)18-10-11-19(24)23-22-18/h3-12,14H,1-2H3,(H,21,25)(H,23,24)/t14-/m0/s1. The van der Waals surface area contributed by atoms with Crippen molar-refractivity contribution in [3.8, 4) is 5.75 Å². The largest absolute Gasteiger partial charge is 0.486 e. The Morgan fingerprint density at radius 1 is 1.12 bits per heavy atom. The van der Waals surface area contributed by atoms with Crippen LogP contribution in [0.4, 0.5) is 5.69 Å². The number of aryl methyl sites for hydroxylation is 1. The summed E-state index contributed by atoms with van der Waals surface area (Å²) in [5.74, 6) is 0.328. The van der Waals surface area contributed by atoms with Crippen molar-refractivity contribution in [3.05, 3.63) is 87.8 Å². The molecule has 0 fully saturated rings. The zero-order valence-corrected chi connectivity index (χ0v) is 14.5. The molecular formula is C20H19N3O3. The summed E-state index contributed by atoms with van der Waals surface area (Å²) in [6.45, 7) is 3.87. The summed E-state index contributed by atoms with van der Waals surface area (Å²) in [6.07, 6.45) is -0.0821. The van der Waals surface area contributed by atoms with Gasteiger partial charge in [0, 0.05) is 11.8 Å². The minimum Gasteiger partial charge on any atom is -0.486 e. The van der Waals surface area contributed by atoms with Crippen LogP contribution in [0.1, 0.15) is 34.6 Å². The maximum Gasteiger partial charge on any atom is 0.276 e. The number of benzene rings is 2. The number of ether oxygens (including phenoxy) is 1. The highest BCUT2D eigenvalue weighted by atomic mass is 16.5. The Bertz CT molecular complexity index is 947. The summed E-state index contributed by atoms with van der Waals surface area (Å²) in [4.78, 5) is 23.2. The second-order valence-corrected chi connectivity index (χ2v) is 5.91. The van der Waals surface area contributed by atoms with E-state index in [9.17, 15) is 9.59 Å². The summed E-state index contributed by atoms with van der Waals surface area (Å²) < 4.78 is 5.97. The van der Waals surface area contributed by atoms with E-state index in [1.807, 2.05) is 56.3 Å². The van der Waals surface area contributed by atoms with E-state index in [4.69, 9.17) is 4.74 Å². The molecule has 0 saturated heterocycles. The summed E-state index contributed by atoms with van der Waals surface area (Å²) in [5, 5.41) is 8.74. The molecule has 132 valence electrons. The van der Waals surface area contributed by atoms with E-state index in [-0.39, 0.29) is 17.4 Å². The molecule has 0 aliphatic heterocycles. The number of aromatic amines is 1. The van der Waals surface area contributed by atoms with Gasteiger partial charge >= 0.3 is 0 Å². The van der Waals surface area contributed by atoms with Gasteiger partial charge in [0.05, 0.1) is 0 Å². The Morgan fingerprint density at radius 2 is 1.88 bits per heavy atom. The SMILES string of the molecule is Cc1cc(O[C@@H](C)c2ccccc2)ccc1NC(=O)c1ccc(=O)[nH]n1. The fraction of sp³-hybridized carbons (Fsp3) is 0.150. The van der Waals surface area contributed by atoms with Gasteiger partial charge in [-0.1, -0.05) is 30.3 Å². The van der Waals surface area contributed by atoms with Gasteiger partial charge in [-0.25, -0.2) is 5.10 Å². The van der Waals surface area contributed by atoms with Crippen LogP contribution in [0.5, 0.6) is 5.75 Å². The number of nitrogens with zero attached hydrogens (tertiary/aromatic N) is 1. The normalized spacial score (nSPS) is 11.6. The van der Waals surface area contributed by atoms with Crippen LogP contribution in [0, 0.1) is 6.92 Å². The molecule has 0 aliphatic carbocycles. The predicted octanol–water partition coefficient (Wildman–Crippen LogP) is 3.47. The third kappa shape index (κ3) is 4.16. The molecule has 0 saturated carbocycles. The van der Waals surface area contributed by atoms with Crippen molar-refractivity contribution < 1.29 is 9.53 Å². The van der Waals surface area contributed by atoms with Gasteiger partial charge < -0.3 is 10.1 Å². The van der Waals surface area contributed by atoms with E-state index < -0.39 is 5.91 Å². The summed E-state index contributed by atoms with van der Waals surface area (Å²) in [6, 6.07) is 18.1. The summed E-state index contributed by atoms with van der Waals surface area (Å²) >= 11 is 0. The first-order valence-electron chi connectivity index (χ1n) is 8.22. The zero-order chi connectivity index (χ0) is 18.5. The quantitative estimate of drug-likeness (QED) is 0.739. The number of amides is 1. The van der Waals surface area contributed by atoms with Gasteiger partial charge in [-0.05, 0) is 49.2 Å². The van der Waals surface area contributed by atoms with Gasteiger partial charge in [-0.15, -0.1) is 0 Å². The molecule has 1 aromatic heterocycles. The number of nitrogens with one attached hydrogen (secondary N) is 2. The zero-order valence-electron chi connectivity index (χ0n) is 14.5. The fourth-order valence-electron chi connectivity index (χ4n) is 2.50. The molecule has 3 aromatic rings. The molecule has 0 bridgehead atoms. The lowest BCUT2D eigenvalue weighted by atomic mass is 10.1. The van der Waals surface area contributed by atoms with E-state index in [2.05, 4.69) is 15.5 Å². The Balaban J connectivity index is 1.70. The van der Waals surface area contributed by atoms with Gasteiger partial charge in [0.25, 0.3) is 11.5 Å². The molecule has 0 radical (unpaired) electrons. The molecule has 0 spiro atoms. The first kappa shape index (κ1) is 17.4. The second kappa shape index (κ2) is 7.65. The molecule has 6 nitrogen and oxygen atoms in total. The van der Waals surface area contributed by atoms with Crippen molar-refractivity contribution in [2.24, 2.45) is 0 Å². The lowest BCUT2D eigenvalue weighted by molar-refractivity contribution is 0.102. The highest BCUT2D eigenvalue weighted by molar-refractivity contribution is 6.03. The summed E-state index contributed by atoms with van der Waals surface area (Å²) in [7, 11) is 0. The van der Waals surface area contributed by atoms with Gasteiger partial charge in [0.15, 0.2) is 0 Å². The number of hydrogen-bond acceptors (Lipinski definition) is 4. The van der Waals surface area contributed by atoms with E-state index >= 15 is 0 Å². The Labute approximate surface area is 150 Å². The number of carbonyl (C=O) groups excluding carboxylic acids is 1. The lowest BCUT2D eigenvalue weighted by Gasteiger charge is -2.16. The van der Waals surface area contributed by atoms with Crippen LogP contribution in [0.2, 0.25) is 0 Å². The molecule has 1 heterocycles. The number of aromatic nitrogens is 2. The van der Waals surface area contributed by atoms with Crippen LogP contribution in [0.15, 0.2) is 65.5 Å². The second-order valence-electron chi connectivity index (χ2n) is 5.91. The van der Waals surface area contributed by atoms with Crippen LogP contribution in [0.3, 0.4) is 0 Å². The van der Waals surface area contributed by atoms with Crippen molar-refractivity contribution in [2.75, 3.05) is 5.32 Å².